The van der Waals surface area contributed by atoms with Gasteiger partial charge in [-0.1, -0.05) is 0 Å². The van der Waals surface area contributed by atoms with Crippen molar-refractivity contribution in [3.63, 3.8) is 0 Å². The van der Waals surface area contributed by atoms with E-state index in [1.165, 1.54) is 0 Å². The molecule has 0 aromatic rings. The first-order valence-electron chi connectivity index (χ1n) is 4.47. The number of nitrogens with zero attached hydrogens (tertiary/aromatic N) is 2. The maximum absolute atomic E-state index is 9.55. The van der Waals surface area contributed by atoms with Crippen LogP contribution in [0.1, 0.15) is 12.8 Å². The zero-order chi connectivity index (χ0) is 13.2. The van der Waals surface area contributed by atoms with Crippen LogP contribution in [0.5, 0.6) is 0 Å². The molecule has 16 heavy (non-hydrogen) atoms. The molecular weight excluding hydrogens is 244 g/mol. The summed E-state index contributed by atoms with van der Waals surface area (Å²) in [5, 5.41) is 23.2. The van der Waals surface area contributed by atoms with Crippen LogP contribution >= 0.6 is 23.5 Å². The normalized spacial score (nSPS) is 9.50. The topological polar surface area (TPSA) is 84.9 Å². The number of aldehydes is 1. The summed E-state index contributed by atoms with van der Waals surface area (Å²) < 4.78 is 0. The van der Waals surface area contributed by atoms with Crippen molar-refractivity contribution in [2.24, 2.45) is 0 Å². The molecule has 0 saturated heterocycles. The van der Waals surface area contributed by atoms with Crippen molar-refractivity contribution < 1.29 is 9.90 Å². The molecule has 0 heterocycles. The van der Waals surface area contributed by atoms with Crippen molar-refractivity contribution in [1.29, 1.82) is 10.5 Å². The quantitative estimate of drug-likeness (QED) is 0.445. The predicted octanol–water partition coefficient (Wildman–Crippen LogP) is 1.70. The van der Waals surface area contributed by atoms with Crippen molar-refractivity contribution in [3.8, 4) is 12.6 Å². The van der Waals surface area contributed by atoms with E-state index in [0.29, 0.717) is 12.8 Å². The molecule has 4 nitrogen and oxygen atoms in total. The summed E-state index contributed by atoms with van der Waals surface area (Å²) in [7, 11) is 0. The van der Waals surface area contributed by atoms with Gasteiger partial charge in [0.2, 0.25) is 0 Å². The van der Waals surface area contributed by atoms with Crippen LogP contribution in [0.3, 0.4) is 0 Å². The third-order valence-corrected chi connectivity index (χ3v) is 2.47. The van der Waals surface area contributed by atoms with Crippen LogP contribution in [0.4, 0.5) is 0 Å². The minimum atomic E-state index is -0.762. The highest BCUT2D eigenvalue weighted by Gasteiger charge is 1.97. The summed E-state index contributed by atoms with van der Waals surface area (Å²) in [4.78, 5) is 9.55. The standard InChI is InChI=1S/C5H9NOS.C4H8OS.CHN/c1-8-3-2-5(7)4-6;1-6-4-2-3-5;1-2/h5,7H,2-3H2,1H3;3H,2,4H2,1H3;1H. The fourth-order valence-corrected chi connectivity index (χ4v) is 1.25. The number of nitriles is 2. The van der Waals surface area contributed by atoms with Crippen molar-refractivity contribution in [3.05, 3.63) is 0 Å². The van der Waals surface area contributed by atoms with E-state index in [1.54, 1.807) is 29.6 Å². The number of carbonyl (C=O) groups excluding carboxylic acids is 1. The molecule has 0 amide bonds. The number of aliphatic hydroxyl groups excluding tert-OH is 1. The van der Waals surface area contributed by atoms with Gasteiger partial charge in [0.1, 0.15) is 12.4 Å². The molecule has 0 aromatic carbocycles. The van der Waals surface area contributed by atoms with Gasteiger partial charge in [-0.15, -0.1) is 0 Å². The Hall–Kier alpha value is -0.690. The minimum absolute atomic E-state index is 0.581. The number of aliphatic hydroxyl groups is 1. The van der Waals surface area contributed by atoms with Gasteiger partial charge in [-0.25, -0.2) is 5.26 Å². The third-order valence-electron chi connectivity index (χ3n) is 1.18. The number of thioether (sulfide) groups is 2. The molecule has 1 N–H and O–H groups in total. The summed E-state index contributed by atoms with van der Waals surface area (Å²) in [6.45, 7) is 3.50. The van der Waals surface area contributed by atoms with E-state index in [2.05, 4.69) is 6.57 Å². The van der Waals surface area contributed by atoms with E-state index in [9.17, 15) is 4.79 Å². The van der Waals surface area contributed by atoms with E-state index >= 15 is 0 Å². The lowest BCUT2D eigenvalue weighted by molar-refractivity contribution is -0.107. The molecule has 1 unspecified atom stereocenters. The number of hydrogen-bond acceptors (Lipinski definition) is 6. The van der Waals surface area contributed by atoms with Crippen LogP contribution in [0, 0.1) is 23.2 Å². The first-order chi connectivity index (χ1) is 7.72. The predicted molar refractivity (Wildman–Crippen MR) is 70.4 cm³/mol. The Bertz CT molecular complexity index is 193. The average Bonchev–Trinajstić information content (AvgIpc) is 2.36. The molecule has 1 atom stereocenters. The van der Waals surface area contributed by atoms with Gasteiger partial charge in [0.05, 0.1) is 6.07 Å². The molecule has 0 bridgehead atoms. The highest BCUT2D eigenvalue weighted by molar-refractivity contribution is 7.98. The molecule has 0 fully saturated rings. The van der Waals surface area contributed by atoms with Crippen LogP contribution in [0.25, 0.3) is 0 Å². The summed E-state index contributed by atoms with van der Waals surface area (Å²) in [6.07, 6.45) is 5.39. The van der Waals surface area contributed by atoms with Gasteiger partial charge in [-0.05, 0) is 30.4 Å². The van der Waals surface area contributed by atoms with Gasteiger partial charge in [0.25, 0.3) is 0 Å². The highest BCUT2D eigenvalue weighted by atomic mass is 32.2. The average molecular weight is 262 g/mol. The monoisotopic (exact) mass is 262 g/mol. The van der Waals surface area contributed by atoms with E-state index in [4.69, 9.17) is 15.6 Å². The first kappa shape index (κ1) is 20.7. The lowest BCUT2D eigenvalue weighted by Crippen LogP contribution is -2.02. The molecule has 0 aliphatic carbocycles. The smallest absolute Gasteiger partial charge is 0.141 e. The Balaban J connectivity index is -0.000000188. The van der Waals surface area contributed by atoms with E-state index in [1.807, 2.05) is 12.5 Å². The zero-order valence-corrected chi connectivity index (χ0v) is 11.3. The lowest BCUT2D eigenvalue weighted by atomic mass is 10.3. The van der Waals surface area contributed by atoms with Gasteiger partial charge < -0.3 is 9.90 Å². The molecule has 0 aliphatic rings. The largest absolute Gasteiger partial charge is 0.378 e. The van der Waals surface area contributed by atoms with E-state index in [0.717, 1.165) is 17.8 Å². The van der Waals surface area contributed by atoms with Crippen molar-refractivity contribution in [2.45, 2.75) is 18.9 Å². The second-order valence-corrected chi connectivity index (χ2v) is 4.35. The van der Waals surface area contributed by atoms with Gasteiger partial charge in [0, 0.05) is 13.0 Å². The SMILES string of the molecule is C#N.CSCCC(O)C#N.CSCCC=O. The Morgan fingerprint density at radius 3 is 2.12 bits per heavy atom. The Kier molecular flexibility index (Phi) is 30.8. The maximum atomic E-state index is 9.55. The van der Waals surface area contributed by atoms with Gasteiger partial charge >= 0.3 is 0 Å². The van der Waals surface area contributed by atoms with E-state index in [-0.39, 0.29) is 0 Å². The van der Waals surface area contributed by atoms with E-state index < -0.39 is 6.10 Å². The highest BCUT2D eigenvalue weighted by Crippen LogP contribution is 1.98. The summed E-state index contributed by atoms with van der Waals surface area (Å²) in [5.41, 5.74) is 0. The Morgan fingerprint density at radius 1 is 1.38 bits per heavy atom. The summed E-state index contributed by atoms with van der Waals surface area (Å²) >= 11 is 3.33. The Morgan fingerprint density at radius 2 is 1.88 bits per heavy atom. The molecule has 0 aromatic heterocycles. The molecule has 6 heteroatoms. The maximum Gasteiger partial charge on any atom is 0.141 e. The molecule has 0 saturated carbocycles. The van der Waals surface area contributed by atoms with Crippen LogP contribution < -0.4 is 0 Å². The molecule has 0 spiro atoms. The first-order valence-corrected chi connectivity index (χ1v) is 7.26. The van der Waals surface area contributed by atoms with Gasteiger partial charge in [-0.3, -0.25) is 0 Å². The second-order valence-electron chi connectivity index (χ2n) is 2.37. The van der Waals surface area contributed by atoms with Crippen LogP contribution in [-0.2, 0) is 4.79 Å². The van der Waals surface area contributed by atoms with Gasteiger partial charge in [0.15, 0.2) is 0 Å². The fraction of sp³-hybridized carbons (Fsp3) is 0.700. The minimum Gasteiger partial charge on any atom is -0.378 e. The lowest BCUT2D eigenvalue weighted by Gasteiger charge is -1.95. The van der Waals surface area contributed by atoms with Crippen molar-refractivity contribution in [1.82, 2.24) is 0 Å². The van der Waals surface area contributed by atoms with Crippen LogP contribution in [0.15, 0.2) is 0 Å². The molecule has 0 aliphatic heterocycles. The van der Waals surface area contributed by atoms with Crippen LogP contribution in [-0.4, -0.2) is 41.5 Å². The number of rotatable bonds is 6. The van der Waals surface area contributed by atoms with Crippen LogP contribution in [0.2, 0.25) is 0 Å². The van der Waals surface area contributed by atoms with Crippen molar-refractivity contribution >= 4 is 29.8 Å². The number of hydrogen-bond donors (Lipinski definition) is 1. The Labute approximate surface area is 106 Å². The molecule has 0 radical (unpaired) electrons. The van der Waals surface area contributed by atoms with Gasteiger partial charge in [-0.2, -0.15) is 28.8 Å². The summed E-state index contributed by atoms with van der Waals surface area (Å²) in [6, 6.07) is 1.74. The third kappa shape index (κ3) is 29.2. The second kappa shape index (κ2) is 23.8. The zero-order valence-electron chi connectivity index (χ0n) is 9.63. The number of carbonyl (C=O) groups is 1. The molecule has 0 rings (SSSR count). The van der Waals surface area contributed by atoms with Crippen molar-refractivity contribution in [2.75, 3.05) is 24.0 Å². The summed E-state index contributed by atoms with van der Waals surface area (Å²) in [5.74, 6) is 1.82. The molecule has 92 valence electrons. The fourth-order valence-electron chi connectivity index (χ4n) is 0.460. The molecular formula is C10H18N2O2S2.